The van der Waals surface area contributed by atoms with Crippen LogP contribution in [0.25, 0.3) is 0 Å². The number of para-hydroxylation sites is 1. The van der Waals surface area contributed by atoms with E-state index in [1.165, 1.54) is 6.21 Å². The van der Waals surface area contributed by atoms with Crippen LogP contribution in [0, 0.1) is 6.92 Å². The van der Waals surface area contributed by atoms with Crippen LogP contribution in [-0.4, -0.2) is 24.0 Å². The number of hydrogen-bond acceptors (Lipinski definition) is 4. The van der Waals surface area contributed by atoms with Crippen molar-refractivity contribution in [2.75, 3.05) is 11.9 Å². The number of nitrogens with zero attached hydrogens (tertiary/aromatic N) is 1. The molecule has 0 aliphatic rings. The molecular weight excluding hydrogens is 330 g/mol. The van der Waals surface area contributed by atoms with Gasteiger partial charge in [0.25, 0.3) is 0 Å². The number of ether oxygens (including phenoxy) is 1. The first kappa shape index (κ1) is 19.1. The molecule has 0 aromatic heterocycles. The summed E-state index contributed by atoms with van der Waals surface area (Å²) in [6.07, 6.45) is 3.68. The number of amides is 2. The molecule has 6 heteroatoms. The predicted octanol–water partition coefficient (Wildman–Crippen LogP) is 3.98. The lowest BCUT2D eigenvalue weighted by Crippen LogP contribution is -2.24. The Bertz CT molecular complexity index is 816. The highest BCUT2D eigenvalue weighted by Gasteiger charge is 2.09. The number of carbonyl (C=O) groups excluding carboxylic acids is 1. The van der Waals surface area contributed by atoms with E-state index in [-0.39, 0.29) is 5.75 Å². The van der Waals surface area contributed by atoms with Crippen LogP contribution in [-0.2, 0) is 6.42 Å². The van der Waals surface area contributed by atoms with Crippen molar-refractivity contribution in [3.8, 4) is 11.5 Å². The lowest BCUT2D eigenvalue weighted by molar-refractivity contribution is 0.252. The Morgan fingerprint density at radius 2 is 2.12 bits per heavy atom. The van der Waals surface area contributed by atoms with Crippen LogP contribution in [0.5, 0.6) is 11.5 Å². The minimum Gasteiger partial charge on any atom is -0.504 e. The average Bonchev–Trinajstić information content (AvgIpc) is 2.61. The fourth-order valence-electron chi connectivity index (χ4n) is 2.37. The molecule has 0 fully saturated rings. The molecule has 26 heavy (non-hydrogen) atoms. The smallest absolute Gasteiger partial charge is 0.339 e. The molecule has 0 saturated heterocycles. The lowest BCUT2D eigenvalue weighted by Gasteiger charge is -2.11. The minimum absolute atomic E-state index is 0.0918. The maximum Gasteiger partial charge on any atom is 0.339 e. The van der Waals surface area contributed by atoms with Gasteiger partial charge in [0.1, 0.15) is 0 Å². The molecule has 2 aromatic rings. The van der Waals surface area contributed by atoms with Gasteiger partial charge in [-0.25, -0.2) is 10.2 Å². The summed E-state index contributed by atoms with van der Waals surface area (Å²) in [5.74, 6) is 0.465. The van der Waals surface area contributed by atoms with Crippen LogP contribution in [0.4, 0.5) is 10.5 Å². The van der Waals surface area contributed by atoms with Crippen molar-refractivity contribution in [2.45, 2.75) is 20.3 Å². The van der Waals surface area contributed by atoms with E-state index in [0.29, 0.717) is 29.9 Å². The molecule has 0 spiro atoms. The van der Waals surface area contributed by atoms with Crippen molar-refractivity contribution in [1.29, 1.82) is 0 Å². The third-order valence-corrected chi connectivity index (χ3v) is 3.61. The average molecular weight is 353 g/mol. The molecule has 136 valence electrons. The van der Waals surface area contributed by atoms with Crippen LogP contribution in [0.1, 0.15) is 23.6 Å². The Labute approximate surface area is 153 Å². The Hall–Kier alpha value is -3.28. The molecule has 0 saturated carbocycles. The third-order valence-electron chi connectivity index (χ3n) is 3.61. The van der Waals surface area contributed by atoms with E-state index in [1.54, 1.807) is 18.2 Å². The first-order valence-corrected chi connectivity index (χ1v) is 8.30. The van der Waals surface area contributed by atoms with E-state index in [0.717, 1.165) is 11.3 Å². The molecule has 0 radical (unpaired) electrons. The van der Waals surface area contributed by atoms with Gasteiger partial charge < -0.3 is 15.2 Å². The van der Waals surface area contributed by atoms with Crippen LogP contribution in [0.15, 0.2) is 54.2 Å². The second-order valence-electron chi connectivity index (χ2n) is 5.59. The van der Waals surface area contributed by atoms with Crippen LogP contribution in [0.2, 0.25) is 0 Å². The van der Waals surface area contributed by atoms with Crippen molar-refractivity contribution in [2.24, 2.45) is 5.10 Å². The number of hydrogen-bond donors (Lipinski definition) is 3. The van der Waals surface area contributed by atoms with Crippen molar-refractivity contribution in [1.82, 2.24) is 5.43 Å². The quantitative estimate of drug-likeness (QED) is 0.400. The van der Waals surface area contributed by atoms with Gasteiger partial charge in [0.2, 0.25) is 0 Å². The Morgan fingerprint density at radius 1 is 1.35 bits per heavy atom. The van der Waals surface area contributed by atoms with E-state index < -0.39 is 6.03 Å². The summed E-state index contributed by atoms with van der Waals surface area (Å²) in [5.41, 5.74) is 5.47. The maximum atomic E-state index is 11.9. The first-order chi connectivity index (χ1) is 12.5. The molecule has 0 bridgehead atoms. The molecule has 0 atom stereocenters. The topological polar surface area (TPSA) is 83.0 Å². The summed E-state index contributed by atoms with van der Waals surface area (Å²) in [5, 5.41) is 16.9. The Kier molecular flexibility index (Phi) is 6.79. The predicted molar refractivity (Wildman–Crippen MR) is 104 cm³/mol. The third kappa shape index (κ3) is 5.11. The fraction of sp³-hybridized carbons (Fsp3) is 0.200. The maximum absolute atomic E-state index is 11.9. The highest BCUT2D eigenvalue weighted by molar-refractivity contribution is 5.91. The minimum atomic E-state index is -0.439. The number of aryl methyl sites for hydroxylation is 1. The normalized spacial score (nSPS) is 10.5. The van der Waals surface area contributed by atoms with Crippen molar-refractivity contribution in [3.63, 3.8) is 0 Å². The van der Waals surface area contributed by atoms with Gasteiger partial charge in [-0.3, -0.25) is 0 Å². The zero-order valence-electron chi connectivity index (χ0n) is 15.0. The molecule has 0 aliphatic heterocycles. The number of hydrazone groups is 1. The number of nitrogens with one attached hydrogen (secondary N) is 2. The van der Waals surface area contributed by atoms with Crippen LogP contribution >= 0.6 is 0 Å². The fourth-order valence-corrected chi connectivity index (χ4v) is 2.37. The first-order valence-electron chi connectivity index (χ1n) is 8.30. The largest absolute Gasteiger partial charge is 0.504 e. The number of allylic oxidation sites excluding steroid dienone is 1. The second kappa shape index (κ2) is 9.27. The highest BCUT2D eigenvalue weighted by atomic mass is 16.5. The SMILES string of the molecule is C=CCc1cc(/C=N/NC(=O)Nc2ccccc2C)cc(OCC)c1O. The number of carbonyl (C=O) groups is 1. The van der Waals surface area contributed by atoms with Crippen LogP contribution in [0.3, 0.4) is 0 Å². The molecule has 2 rings (SSSR count). The van der Waals surface area contributed by atoms with Gasteiger partial charge >= 0.3 is 6.03 Å². The summed E-state index contributed by atoms with van der Waals surface area (Å²) >= 11 is 0. The van der Waals surface area contributed by atoms with Gasteiger partial charge in [0.15, 0.2) is 11.5 Å². The molecular formula is C20H23N3O3. The van der Waals surface area contributed by atoms with Gasteiger partial charge in [0, 0.05) is 11.3 Å². The van der Waals surface area contributed by atoms with Gasteiger partial charge in [-0.05, 0) is 49.6 Å². The Balaban J connectivity index is 2.08. The van der Waals surface area contributed by atoms with E-state index in [9.17, 15) is 9.90 Å². The van der Waals surface area contributed by atoms with Gasteiger partial charge in [0.05, 0.1) is 12.8 Å². The summed E-state index contributed by atoms with van der Waals surface area (Å²) < 4.78 is 5.44. The van der Waals surface area contributed by atoms with Gasteiger partial charge in [-0.1, -0.05) is 24.3 Å². The number of benzene rings is 2. The van der Waals surface area contributed by atoms with Gasteiger partial charge in [-0.15, -0.1) is 6.58 Å². The number of phenols is 1. The number of phenolic OH excluding ortho intramolecular Hbond substituents is 1. The molecule has 2 amide bonds. The standard InChI is InChI=1S/C20H23N3O3/c1-4-8-16-11-15(12-18(19(16)24)26-5-2)13-21-23-20(25)22-17-10-7-6-9-14(17)3/h4,6-7,9-13,24H,1,5,8H2,2-3H3,(H2,22,23,25)/b21-13+. The van der Waals surface area contributed by atoms with Crippen molar-refractivity contribution < 1.29 is 14.6 Å². The zero-order chi connectivity index (χ0) is 18.9. The zero-order valence-corrected chi connectivity index (χ0v) is 15.0. The van der Waals surface area contributed by atoms with Gasteiger partial charge in [-0.2, -0.15) is 5.10 Å². The summed E-state index contributed by atoms with van der Waals surface area (Å²) in [4.78, 5) is 11.9. The summed E-state index contributed by atoms with van der Waals surface area (Å²) in [6, 6.07) is 10.5. The monoisotopic (exact) mass is 353 g/mol. The van der Waals surface area contributed by atoms with E-state index in [1.807, 2.05) is 38.1 Å². The second-order valence-corrected chi connectivity index (χ2v) is 5.59. The van der Waals surface area contributed by atoms with Crippen molar-refractivity contribution in [3.05, 3.63) is 65.7 Å². The van der Waals surface area contributed by atoms with E-state index in [4.69, 9.17) is 4.74 Å². The lowest BCUT2D eigenvalue weighted by atomic mass is 10.1. The molecule has 3 N–H and O–H groups in total. The molecule has 2 aromatic carbocycles. The highest BCUT2D eigenvalue weighted by Crippen LogP contribution is 2.31. The molecule has 0 aliphatic carbocycles. The molecule has 0 unspecified atom stereocenters. The number of anilines is 1. The van der Waals surface area contributed by atoms with Crippen molar-refractivity contribution >= 4 is 17.9 Å². The number of rotatable bonds is 7. The Morgan fingerprint density at radius 3 is 2.81 bits per heavy atom. The molecule has 6 nitrogen and oxygen atoms in total. The van der Waals surface area contributed by atoms with Crippen LogP contribution < -0.4 is 15.5 Å². The van der Waals surface area contributed by atoms with E-state index in [2.05, 4.69) is 22.4 Å². The number of aromatic hydroxyl groups is 1. The van der Waals surface area contributed by atoms with E-state index >= 15 is 0 Å². The summed E-state index contributed by atoms with van der Waals surface area (Å²) in [7, 11) is 0. The molecule has 0 heterocycles. The number of urea groups is 1. The summed E-state index contributed by atoms with van der Waals surface area (Å²) in [6.45, 7) is 7.86.